The van der Waals surface area contributed by atoms with Crippen LogP contribution >= 0.6 is 0 Å². The fourth-order valence-corrected chi connectivity index (χ4v) is 3.64. The van der Waals surface area contributed by atoms with Crippen LogP contribution in [0.2, 0.25) is 0 Å². The topological polar surface area (TPSA) is 38.0 Å². The number of hydrogen-bond donors (Lipinski definition) is 2. The minimum Gasteiger partial charge on any atom is -0.271 e. The maximum Gasteiger partial charge on any atom is 0.0266 e. The first-order valence-corrected chi connectivity index (χ1v) is 6.88. The van der Waals surface area contributed by atoms with E-state index in [4.69, 9.17) is 5.84 Å². The van der Waals surface area contributed by atoms with Gasteiger partial charge in [-0.05, 0) is 37.5 Å². The lowest BCUT2D eigenvalue weighted by molar-refractivity contribution is 0.239. The molecule has 0 amide bonds. The second kappa shape index (κ2) is 5.86. The summed E-state index contributed by atoms with van der Waals surface area (Å²) in [6, 6.07) is 0.616. The predicted molar refractivity (Wildman–Crippen MR) is 64.3 cm³/mol. The molecule has 3 N–H and O–H groups in total. The van der Waals surface area contributed by atoms with Crippen molar-refractivity contribution in [2.45, 2.75) is 70.3 Å². The van der Waals surface area contributed by atoms with Gasteiger partial charge in [0, 0.05) is 6.04 Å². The van der Waals surface area contributed by atoms with Crippen LogP contribution in [-0.2, 0) is 0 Å². The molecule has 0 spiro atoms. The largest absolute Gasteiger partial charge is 0.271 e. The summed E-state index contributed by atoms with van der Waals surface area (Å²) in [5.74, 6) is 7.52. The normalized spacial score (nSPS) is 27.8. The third-order valence-electron chi connectivity index (χ3n) is 4.51. The Morgan fingerprint density at radius 2 is 1.13 bits per heavy atom. The Morgan fingerprint density at radius 3 is 1.53 bits per heavy atom. The van der Waals surface area contributed by atoms with Gasteiger partial charge in [0.25, 0.3) is 0 Å². The zero-order chi connectivity index (χ0) is 10.5. The van der Waals surface area contributed by atoms with Gasteiger partial charge in [-0.15, -0.1) is 0 Å². The van der Waals surface area contributed by atoms with E-state index in [1.54, 1.807) is 0 Å². The van der Waals surface area contributed by atoms with E-state index in [1.165, 1.54) is 64.2 Å². The zero-order valence-corrected chi connectivity index (χ0v) is 9.88. The summed E-state index contributed by atoms with van der Waals surface area (Å²) in [5.41, 5.74) is 3.14. The molecule has 0 saturated heterocycles. The van der Waals surface area contributed by atoms with Crippen LogP contribution in [0.15, 0.2) is 0 Å². The number of nitrogens with one attached hydrogen (secondary N) is 1. The molecule has 2 aliphatic carbocycles. The van der Waals surface area contributed by atoms with E-state index in [-0.39, 0.29) is 0 Å². The average Bonchev–Trinajstić information content (AvgIpc) is 2.63. The van der Waals surface area contributed by atoms with Crippen LogP contribution in [0, 0.1) is 11.8 Å². The first-order valence-electron chi connectivity index (χ1n) is 6.88. The summed E-state index contributed by atoms with van der Waals surface area (Å²) in [7, 11) is 0. The highest BCUT2D eigenvalue weighted by Crippen LogP contribution is 2.35. The smallest absolute Gasteiger partial charge is 0.0266 e. The summed E-state index contributed by atoms with van der Waals surface area (Å²) < 4.78 is 0. The van der Waals surface area contributed by atoms with Crippen molar-refractivity contribution in [2.24, 2.45) is 17.7 Å². The van der Waals surface area contributed by atoms with E-state index in [2.05, 4.69) is 5.43 Å². The highest BCUT2D eigenvalue weighted by atomic mass is 15.2. The van der Waals surface area contributed by atoms with Gasteiger partial charge >= 0.3 is 0 Å². The number of hydrogen-bond acceptors (Lipinski definition) is 2. The maximum atomic E-state index is 5.78. The van der Waals surface area contributed by atoms with Crippen LogP contribution in [0.3, 0.4) is 0 Å². The lowest BCUT2D eigenvalue weighted by Crippen LogP contribution is -2.45. The van der Waals surface area contributed by atoms with Crippen molar-refractivity contribution in [1.82, 2.24) is 5.43 Å². The Bertz CT molecular complexity index is 167. The number of rotatable bonds is 3. The van der Waals surface area contributed by atoms with Crippen LogP contribution in [0.1, 0.15) is 64.2 Å². The van der Waals surface area contributed by atoms with Crippen molar-refractivity contribution in [3.8, 4) is 0 Å². The maximum absolute atomic E-state index is 5.78. The second-order valence-corrected chi connectivity index (χ2v) is 5.49. The fraction of sp³-hybridized carbons (Fsp3) is 1.00. The van der Waals surface area contributed by atoms with Crippen LogP contribution in [-0.4, -0.2) is 6.04 Å². The van der Waals surface area contributed by atoms with Crippen molar-refractivity contribution >= 4 is 0 Å². The molecule has 1 atom stereocenters. The first kappa shape index (κ1) is 11.4. The highest BCUT2D eigenvalue weighted by Gasteiger charge is 2.30. The molecule has 0 radical (unpaired) electrons. The minimum absolute atomic E-state index is 0.616. The Labute approximate surface area is 94.0 Å². The molecule has 15 heavy (non-hydrogen) atoms. The number of hydrazine groups is 1. The van der Waals surface area contributed by atoms with E-state index in [0.717, 1.165) is 11.8 Å². The molecule has 0 heterocycles. The molecule has 2 fully saturated rings. The Morgan fingerprint density at radius 1 is 0.733 bits per heavy atom. The molecule has 2 rings (SSSR count). The van der Waals surface area contributed by atoms with Gasteiger partial charge in [0.05, 0.1) is 0 Å². The van der Waals surface area contributed by atoms with Gasteiger partial charge in [0.2, 0.25) is 0 Å². The van der Waals surface area contributed by atoms with Crippen molar-refractivity contribution in [3.63, 3.8) is 0 Å². The van der Waals surface area contributed by atoms with Crippen LogP contribution in [0.5, 0.6) is 0 Å². The van der Waals surface area contributed by atoms with Crippen LogP contribution in [0.25, 0.3) is 0 Å². The van der Waals surface area contributed by atoms with Gasteiger partial charge in [-0.3, -0.25) is 11.3 Å². The van der Waals surface area contributed by atoms with E-state index in [9.17, 15) is 0 Å². The number of nitrogens with two attached hydrogens (primary N) is 1. The molecule has 0 aliphatic heterocycles. The van der Waals surface area contributed by atoms with E-state index < -0.39 is 0 Å². The quantitative estimate of drug-likeness (QED) is 0.427. The van der Waals surface area contributed by atoms with Crippen molar-refractivity contribution < 1.29 is 0 Å². The van der Waals surface area contributed by atoms with Gasteiger partial charge < -0.3 is 0 Å². The van der Waals surface area contributed by atoms with Gasteiger partial charge in [-0.2, -0.15) is 0 Å². The fourth-order valence-electron chi connectivity index (χ4n) is 3.64. The molecule has 0 aromatic heterocycles. The zero-order valence-electron chi connectivity index (χ0n) is 9.88. The van der Waals surface area contributed by atoms with Crippen LogP contribution < -0.4 is 11.3 Å². The van der Waals surface area contributed by atoms with Gasteiger partial charge in [-0.1, -0.05) is 38.5 Å². The molecule has 1 unspecified atom stereocenters. The molecule has 0 aromatic rings. The lowest BCUT2D eigenvalue weighted by atomic mass is 9.83. The Hall–Kier alpha value is -0.0800. The standard InChI is InChI=1S/C13H26N2/c14-15-13(12-9-5-6-10-12)11-7-3-1-2-4-8-11/h11-13,15H,1-10,14H2. The molecular weight excluding hydrogens is 184 g/mol. The minimum atomic E-state index is 0.616. The molecule has 2 aliphatic rings. The van der Waals surface area contributed by atoms with Crippen molar-refractivity contribution in [2.75, 3.05) is 0 Å². The molecule has 2 saturated carbocycles. The highest BCUT2D eigenvalue weighted by molar-refractivity contribution is 4.85. The van der Waals surface area contributed by atoms with E-state index >= 15 is 0 Å². The Kier molecular flexibility index (Phi) is 4.45. The van der Waals surface area contributed by atoms with E-state index in [0.29, 0.717) is 6.04 Å². The molecule has 88 valence electrons. The SMILES string of the molecule is NNC(C1CCCCCC1)C1CCCC1. The summed E-state index contributed by atoms with van der Waals surface area (Å²) in [6.45, 7) is 0. The lowest BCUT2D eigenvalue weighted by Gasteiger charge is -2.30. The third-order valence-corrected chi connectivity index (χ3v) is 4.51. The average molecular weight is 210 g/mol. The monoisotopic (exact) mass is 210 g/mol. The van der Waals surface area contributed by atoms with Crippen molar-refractivity contribution in [3.05, 3.63) is 0 Å². The molecule has 0 bridgehead atoms. The second-order valence-electron chi connectivity index (χ2n) is 5.49. The van der Waals surface area contributed by atoms with Crippen molar-refractivity contribution in [1.29, 1.82) is 0 Å². The summed E-state index contributed by atoms with van der Waals surface area (Å²) in [4.78, 5) is 0. The third kappa shape index (κ3) is 2.94. The molecule has 2 nitrogen and oxygen atoms in total. The first-order chi connectivity index (χ1) is 7.42. The molecular formula is C13H26N2. The van der Waals surface area contributed by atoms with Gasteiger partial charge in [-0.25, -0.2) is 0 Å². The van der Waals surface area contributed by atoms with Crippen LogP contribution in [0.4, 0.5) is 0 Å². The molecule has 2 heteroatoms. The summed E-state index contributed by atoms with van der Waals surface area (Å²) >= 11 is 0. The summed E-state index contributed by atoms with van der Waals surface area (Å²) in [5, 5.41) is 0. The van der Waals surface area contributed by atoms with Gasteiger partial charge in [0.1, 0.15) is 0 Å². The predicted octanol–water partition coefficient (Wildman–Crippen LogP) is 2.98. The van der Waals surface area contributed by atoms with Gasteiger partial charge in [0.15, 0.2) is 0 Å². The molecule has 0 aromatic carbocycles. The van der Waals surface area contributed by atoms with E-state index in [1.807, 2.05) is 0 Å². The Balaban J connectivity index is 1.91. The summed E-state index contributed by atoms with van der Waals surface area (Å²) in [6.07, 6.45) is 14.2.